The van der Waals surface area contributed by atoms with Gasteiger partial charge in [0, 0.05) is 11.0 Å². The van der Waals surface area contributed by atoms with Crippen LogP contribution < -0.4 is 10.0 Å². The number of halogens is 1. The molecule has 2 amide bonds. The third-order valence-corrected chi connectivity index (χ3v) is 2.91. The standard InChI is InChI=1S/C10H13BrN2O3S/c11-9-5-3-8(4-6-9)2-1-7-12-10(14)13-17(15)16/h3-6H,1-2,7H2,(H,15,16)(H2,12,13,14). The molecule has 94 valence electrons. The fourth-order valence-corrected chi connectivity index (χ4v) is 1.76. The van der Waals surface area contributed by atoms with Gasteiger partial charge < -0.3 is 5.32 Å². The number of nitrogens with one attached hydrogen (secondary N) is 2. The fraction of sp³-hybridized carbons (Fsp3) is 0.300. The number of rotatable bonds is 5. The second-order valence-electron chi connectivity index (χ2n) is 3.34. The predicted octanol–water partition coefficient (Wildman–Crippen LogP) is 1.82. The second-order valence-corrected chi connectivity index (χ2v) is 4.96. The van der Waals surface area contributed by atoms with Crippen LogP contribution in [0.25, 0.3) is 0 Å². The lowest BCUT2D eigenvalue weighted by Crippen LogP contribution is -2.36. The van der Waals surface area contributed by atoms with Crippen molar-refractivity contribution in [3.8, 4) is 0 Å². The Hall–Kier alpha value is -0.920. The Kier molecular flexibility index (Phi) is 6.17. The molecule has 0 aliphatic carbocycles. The highest BCUT2D eigenvalue weighted by Crippen LogP contribution is 2.11. The first-order valence-electron chi connectivity index (χ1n) is 4.97. The van der Waals surface area contributed by atoms with Crippen molar-refractivity contribution < 1.29 is 13.6 Å². The fourth-order valence-electron chi connectivity index (χ4n) is 1.26. The van der Waals surface area contributed by atoms with Crippen LogP contribution in [0.5, 0.6) is 0 Å². The Bertz CT molecular complexity index is 397. The zero-order valence-corrected chi connectivity index (χ0v) is 11.4. The SMILES string of the molecule is O=C(NCCCc1ccc(Br)cc1)NS(=O)O. The van der Waals surface area contributed by atoms with Gasteiger partial charge in [-0.05, 0) is 30.5 Å². The summed E-state index contributed by atoms with van der Waals surface area (Å²) in [6.07, 6.45) is 1.61. The quantitative estimate of drug-likeness (QED) is 0.572. The van der Waals surface area contributed by atoms with Gasteiger partial charge in [0.05, 0.1) is 0 Å². The molecule has 0 aliphatic rings. The van der Waals surface area contributed by atoms with Gasteiger partial charge in [-0.2, -0.15) is 0 Å². The van der Waals surface area contributed by atoms with Crippen LogP contribution in [-0.2, 0) is 17.7 Å². The Morgan fingerprint density at radius 3 is 2.59 bits per heavy atom. The highest BCUT2D eigenvalue weighted by molar-refractivity contribution is 9.10. The first-order valence-corrected chi connectivity index (χ1v) is 6.87. The van der Waals surface area contributed by atoms with Gasteiger partial charge in [-0.15, -0.1) is 0 Å². The summed E-state index contributed by atoms with van der Waals surface area (Å²) >= 11 is 1.04. The molecule has 0 aliphatic heterocycles. The summed E-state index contributed by atoms with van der Waals surface area (Å²) < 4.78 is 21.5. The molecule has 1 aromatic rings. The van der Waals surface area contributed by atoms with E-state index in [2.05, 4.69) is 21.2 Å². The van der Waals surface area contributed by atoms with E-state index in [-0.39, 0.29) is 0 Å². The molecule has 3 N–H and O–H groups in total. The average Bonchev–Trinajstić information content (AvgIpc) is 2.26. The van der Waals surface area contributed by atoms with Crippen LogP contribution in [0.3, 0.4) is 0 Å². The Morgan fingerprint density at radius 1 is 1.35 bits per heavy atom. The van der Waals surface area contributed by atoms with Crippen LogP contribution >= 0.6 is 15.9 Å². The van der Waals surface area contributed by atoms with E-state index < -0.39 is 17.3 Å². The molecule has 0 fully saturated rings. The molecule has 1 aromatic carbocycles. The molecule has 0 saturated carbocycles. The van der Waals surface area contributed by atoms with Crippen molar-refractivity contribution in [2.24, 2.45) is 0 Å². The Balaban J connectivity index is 2.18. The van der Waals surface area contributed by atoms with Crippen LogP contribution in [0.1, 0.15) is 12.0 Å². The van der Waals surface area contributed by atoms with E-state index >= 15 is 0 Å². The minimum atomic E-state index is -2.31. The van der Waals surface area contributed by atoms with E-state index in [0.717, 1.165) is 17.3 Å². The molecular weight excluding hydrogens is 308 g/mol. The molecule has 7 heteroatoms. The van der Waals surface area contributed by atoms with Gasteiger partial charge in [-0.25, -0.2) is 13.7 Å². The van der Waals surface area contributed by atoms with E-state index in [1.807, 2.05) is 29.0 Å². The van der Waals surface area contributed by atoms with Gasteiger partial charge in [0.15, 0.2) is 0 Å². The smallest absolute Gasteiger partial charge is 0.328 e. The van der Waals surface area contributed by atoms with E-state index in [1.165, 1.54) is 5.56 Å². The summed E-state index contributed by atoms with van der Waals surface area (Å²) in [6, 6.07) is 7.30. The summed E-state index contributed by atoms with van der Waals surface area (Å²) in [7, 11) is 0. The summed E-state index contributed by atoms with van der Waals surface area (Å²) in [5.41, 5.74) is 1.18. The molecule has 0 spiro atoms. The van der Waals surface area contributed by atoms with Crippen molar-refractivity contribution in [1.82, 2.24) is 10.0 Å². The largest absolute Gasteiger partial charge is 0.337 e. The highest BCUT2D eigenvalue weighted by atomic mass is 79.9. The molecule has 1 atom stereocenters. The zero-order valence-electron chi connectivity index (χ0n) is 8.98. The number of urea groups is 1. The van der Waals surface area contributed by atoms with Crippen molar-refractivity contribution in [3.05, 3.63) is 34.3 Å². The van der Waals surface area contributed by atoms with Gasteiger partial charge in [-0.1, -0.05) is 28.1 Å². The Morgan fingerprint density at radius 2 is 2.00 bits per heavy atom. The molecule has 5 nitrogen and oxygen atoms in total. The number of hydrogen-bond acceptors (Lipinski definition) is 2. The summed E-state index contributed by atoms with van der Waals surface area (Å²) in [5.74, 6) is 0. The van der Waals surface area contributed by atoms with Gasteiger partial charge in [-0.3, -0.25) is 4.55 Å². The van der Waals surface area contributed by atoms with Gasteiger partial charge >= 0.3 is 6.03 Å². The summed E-state index contributed by atoms with van der Waals surface area (Å²) in [4.78, 5) is 10.9. The number of amides is 2. The molecule has 17 heavy (non-hydrogen) atoms. The molecule has 1 rings (SSSR count). The van der Waals surface area contributed by atoms with Gasteiger partial charge in [0.25, 0.3) is 11.3 Å². The maximum absolute atomic E-state index is 10.9. The maximum Gasteiger partial charge on any atom is 0.328 e. The molecule has 0 heterocycles. The van der Waals surface area contributed by atoms with Crippen LogP contribution in [0, 0.1) is 0 Å². The number of hydrogen-bond donors (Lipinski definition) is 3. The average molecular weight is 321 g/mol. The monoisotopic (exact) mass is 320 g/mol. The van der Waals surface area contributed by atoms with Crippen LogP contribution in [-0.4, -0.2) is 21.3 Å². The summed E-state index contributed by atoms with van der Waals surface area (Å²) in [5, 5.41) is 2.48. The van der Waals surface area contributed by atoms with E-state index in [4.69, 9.17) is 4.55 Å². The van der Waals surface area contributed by atoms with Crippen LogP contribution in [0.15, 0.2) is 28.7 Å². The van der Waals surface area contributed by atoms with E-state index in [1.54, 1.807) is 0 Å². The number of benzene rings is 1. The maximum atomic E-state index is 10.9. The van der Waals surface area contributed by atoms with E-state index in [9.17, 15) is 9.00 Å². The Labute approximate surface area is 111 Å². The van der Waals surface area contributed by atoms with Crippen LogP contribution in [0.4, 0.5) is 4.79 Å². The number of carbonyl (C=O) groups is 1. The molecule has 0 saturated heterocycles. The molecule has 0 radical (unpaired) electrons. The molecular formula is C10H13BrN2O3S. The molecule has 0 aromatic heterocycles. The van der Waals surface area contributed by atoms with Gasteiger partial charge in [0.1, 0.15) is 0 Å². The van der Waals surface area contributed by atoms with Crippen molar-refractivity contribution in [2.45, 2.75) is 12.8 Å². The highest BCUT2D eigenvalue weighted by Gasteiger charge is 2.01. The normalized spacial score (nSPS) is 11.9. The first kappa shape index (κ1) is 14.1. The van der Waals surface area contributed by atoms with Crippen LogP contribution in [0.2, 0.25) is 0 Å². The predicted molar refractivity (Wildman–Crippen MR) is 69.8 cm³/mol. The minimum absolute atomic E-state index is 0.457. The lowest BCUT2D eigenvalue weighted by Gasteiger charge is -2.04. The van der Waals surface area contributed by atoms with Crippen molar-refractivity contribution in [1.29, 1.82) is 0 Å². The lowest BCUT2D eigenvalue weighted by atomic mass is 10.1. The molecule has 0 bridgehead atoms. The summed E-state index contributed by atoms with van der Waals surface area (Å²) in [6.45, 7) is 0.457. The van der Waals surface area contributed by atoms with Crippen molar-refractivity contribution >= 4 is 33.2 Å². The lowest BCUT2D eigenvalue weighted by molar-refractivity contribution is 0.245. The van der Waals surface area contributed by atoms with E-state index in [0.29, 0.717) is 6.54 Å². The number of aryl methyl sites for hydroxylation is 1. The third kappa shape index (κ3) is 6.40. The van der Waals surface area contributed by atoms with Gasteiger partial charge in [0.2, 0.25) is 0 Å². The number of carbonyl (C=O) groups excluding carboxylic acids is 1. The van der Waals surface area contributed by atoms with Crippen molar-refractivity contribution in [2.75, 3.05) is 6.54 Å². The minimum Gasteiger partial charge on any atom is -0.337 e. The first-order chi connectivity index (χ1) is 8.08. The zero-order chi connectivity index (χ0) is 12.7. The molecule has 1 unspecified atom stereocenters. The second kappa shape index (κ2) is 7.41. The van der Waals surface area contributed by atoms with Crippen molar-refractivity contribution in [3.63, 3.8) is 0 Å². The third-order valence-electron chi connectivity index (χ3n) is 2.02. The topological polar surface area (TPSA) is 78.4 Å².